The van der Waals surface area contributed by atoms with E-state index < -0.39 is 0 Å². The highest BCUT2D eigenvalue weighted by Crippen LogP contribution is 2.11. The lowest BCUT2D eigenvalue weighted by molar-refractivity contribution is 0.0951. The van der Waals surface area contributed by atoms with Crippen LogP contribution in [0.25, 0.3) is 0 Å². The monoisotopic (exact) mass is 277 g/mol. The van der Waals surface area contributed by atoms with Crippen LogP contribution in [0.3, 0.4) is 0 Å². The number of furan rings is 1. The molecule has 0 bridgehead atoms. The van der Waals surface area contributed by atoms with Gasteiger partial charge in [-0.25, -0.2) is 4.98 Å². The van der Waals surface area contributed by atoms with E-state index in [0.29, 0.717) is 12.2 Å². The Morgan fingerprint density at radius 3 is 3.00 bits per heavy atom. The van der Waals surface area contributed by atoms with Gasteiger partial charge in [0, 0.05) is 18.5 Å². The van der Waals surface area contributed by atoms with Crippen LogP contribution in [-0.2, 0) is 5.75 Å². The first kappa shape index (κ1) is 13.6. The highest BCUT2D eigenvalue weighted by Gasteiger charge is 2.06. The van der Waals surface area contributed by atoms with Crippen LogP contribution in [-0.4, -0.2) is 28.2 Å². The molecule has 0 radical (unpaired) electrons. The minimum absolute atomic E-state index is 0.189. The van der Waals surface area contributed by atoms with Gasteiger partial charge in [0.05, 0.1) is 23.9 Å². The molecule has 0 saturated heterocycles. The Morgan fingerprint density at radius 1 is 1.42 bits per heavy atom. The Morgan fingerprint density at radius 2 is 2.32 bits per heavy atom. The molecule has 0 aliphatic heterocycles. The summed E-state index contributed by atoms with van der Waals surface area (Å²) in [5.41, 5.74) is 1.15. The summed E-state index contributed by atoms with van der Waals surface area (Å²) in [6.07, 6.45) is 4.73. The fourth-order valence-electron chi connectivity index (χ4n) is 1.40. The molecule has 5 nitrogen and oxygen atoms in total. The van der Waals surface area contributed by atoms with Crippen molar-refractivity contribution in [3.05, 3.63) is 47.9 Å². The summed E-state index contributed by atoms with van der Waals surface area (Å²) in [5.74, 6) is 2.39. The minimum Gasteiger partial charge on any atom is -0.468 e. The van der Waals surface area contributed by atoms with E-state index in [9.17, 15) is 4.79 Å². The number of rotatable bonds is 6. The number of carbonyl (C=O) groups is 1. The first-order valence-electron chi connectivity index (χ1n) is 5.92. The minimum atomic E-state index is -0.189. The van der Waals surface area contributed by atoms with E-state index in [1.807, 2.05) is 19.1 Å². The molecule has 0 saturated carbocycles. The summed E-state index contributed by atoms with van der Waals surface area (Å²) in [5, 5.41) is 2.81. The van der Waals surface area contributed by atoms with Gasteiger partial charge in [-0.15, -0.1) is 0 Å². The number of aromatic nitrogens is 2. The normalized spacial score (nSPS) is 10.4. The summed E-state index contributed by atoms with van der Waals surface area (Å²) in [7, 11) is 0. The number of thioether (sulfide) groups is 1. The van der Waals surface area contributed by atoms with Crippen molar-refractivity contribution in [3.8, 4) is 0 Å². The van der Waals surface area contributed by atoms with E-state index in [4.69, 9.17) is 4.42 Å². The lowest BCUT2D eigenvalue weighted by Gasteiger charge is -2.04. The topological polar surface area (TPSA) is 68.0 Å². The van der Waals surface area contributed by atoms with Crippen LogP contribution < -0.4 is 5.32 Å². The maximum Gasteiger partial charge on any atom is 0.271 e. The average molecular weight is 277 g/mol. The molecular weight excluding hydrogens is 262 g/mol. The van der Waals surface area contributed by atoms with Gasteiger partial charge in [-0.05, 0) is 19.1 Å². The largest absolute Gasteiger partial charge is 0.468 e. The van der Waals surface area contributed by atoms with Crippen molar-refractivity contribution < 1.29 is 9.21 Å². The highest BCUT2D eigenvalue weighted by atomic mass is 32.2. The predicted octanol–water partition coefficient (Wildman–Crippen LogP) is 2.04. The van der Waals surface area contributed by atoms with E-state index in [1.165, 1.54) is 6.20 Å². The maximum atomic E-state index is 11.7. The third-order valence-corrected chi connectivity index (χ3v) is 3.35. The molecule has 2 aromatic rings. The Kier molecular flexibility index (Phi) is 4.97. The molecule has 0 aliphatic rings. The SMILES string of the molecule is Cc1cnc(C(=O)NCCSCc2ccco2)cn1. The molecule has 1 N–H and O–H groups in total. The van der Waals surface area contributed by atoms with Gasteiger partial charge in [0.1, 0.15) is 11.5 Å². The van der Waals surface area contributed by atoms with Gasteiger partial charge < -0.3 is 9.73 Å². The molecule has 100 valence electrons. The average Bonchev–Trinajstić information content (AvgIpc) is 2.92. The maximum absolute atomic E-state index is 11.7. The number of aryl methyl sites for hydroxylation is 1. The molecule has 2 rings (SSSR count). The quantitative estimate of drug-likeness (QED) is 0.818. The predicted molar refractivity (Wildman–Crippen MR) is 74.0 cm³/mol. The van der Waals surface area contributed by atoms with Crippen LogP contribution in [0, 0.1) is 6.92 Å². The zero-order valence-corrected chi connectivity index (χ0v) is 11.4. The second-order valence-corrected chi connectivity index (χ2v) is 5.04. The van der Waals surface area contributed by atoms with Crippen LogP contribution >= 0.6 is 11.8 Å². The van der Waals surface area contributed by atoms with Crippen LogP contribution in [0.1, 0.15) is 21.9 Å². The zero-order chi connectivity index (χ0) is 13.5. The summed E-state index contributed by atoms with van der Waals surface area (Å²) in [4.78, 5) is 19.8. The van der Waals surface area contributed by atoms with Crippen molar-refractivity contribution in [1.82, 2.24) is 15.3 Å². The summed E-state index contributed by atoms with van der Waals surface area (Å²) in [6, 6.07) is 3.81. The van der Waals surface area contributed by atoms with Crippen molar-refractivity contribution in [2.45, 2.75) is 12.7 Å². The number of carbonyl (C=O) groups excluding carboxylic acids is 1. The van der Waals surface area contributed by atoms with Crippen molar-refractivity contribution in [1.29, 1.82) is 0 Å². The molecule has 2 aromatic heterocycles. The molecule has 6 heteroatoms. The second kappa shape index (κ2) is 6.94. The standard InChI is InChI=1S/C13H15N3O2S/c1-10-7-16-12(8-15-10)13(17)14-4-6-19-9-11-3-2-5-18-11/h2-3,5,7-8H,4,6,9H2,1H3,(H,14,17). The number of amides is 1. The summed E-state index contributed by atoms with van der Waals surface area (Å²) < 4.78 is 5.22. The van der Waals surface area contributed by atoms with Gasteiger partial charge in [-0.1, -0.05) is 0 Å². The third-order valence-electron chi connectivity index (χ3n) is 2.37. The first-order chi connectivity index (χ1) is 9.25. The van der Waals surface area contributed by atoms with E-state index in [1.54, 1.807) is 24.2 Å². The lowest BCUT2D eigenvalue weighted by Crippen LogP contribution is -2.26. The van der Waals surface area contributed by atoms with Gasteiger partial charge in [0.2, 0.25) is 0 Å². The van der Waals surface area contributed by atoms with Gasteiger partial charge in [-0.2, -0.15) is 11.8 Å². The van der Waals surface area contributed by atoms with Crippen molar-refractivity contribution in [2.75, 3.05) is 12.3 Å². The van der Waals surface area contributed by atoms with Crippen molar-refractivity contribution in [2.24, 2.45) is 0 Å². The summed E-state index contributed by atoms with van der Waals surface area (Å²) >= 11 is 1.71. The second-order valence-electron chi connectivity index (χ2n) is 3.93. The molecular formula is C13H15N3O2S. The fraction of sp³-hybridized carbons (Fsp3) is 0.308. The zero-order valence-electron chi connectivity index (χ0n) is 10.6. The Labute approximate surface area is 115 Å². The van der Waals surface area contributed by atoms with E-state index in [0.717, 1.165) is 23.0 Å². The third kappa shape index (κ3) is 4.40. The van der Waals surface area contributed by atoms with Gasteiger partial charge in [0.15, 0.2) is 0 Å². The van der Waals surface area contributed by atoms with Gasteiger partial charge in [-0.3, -0.25) is 9.78 Å². The molecule has 0 spiro atoms. The smallest absolute Gasteiger partial charge is 0.271 e. The van der Waals surface area contributed by atoms with E-state index >= 15 is 0 Å². The van der Waals surface area contributed by atoms with Crippen LogP contribution in [0.15, 0.2) is 35.2 Å². The Balaban J connectivity index is 1.65. The highest BCUT2D eigenvalue weighted by molar-refractivity contribution is 7.98. The van der Waals surface area contributed by atoms with E-state index in [2.05, 4.69) is 15.3 Å². The number of nitrogens with zero attached hydrogens (tertiary/aromatic N) is 2. The van der Waals surface area contributed by atoms with Crippen LogP contribution in [0.5, 0.6) is 0 Å². The number of hydrogen-bond donors (Lipinski definition) is 1. The Bertz CT molecular complexity index is 511. The molecule has 0 fully saturated rings. The molecule has 19 heavy (non-hydrogen) atoms. The van der Waals surface area contributed by atoms with Crippen molar-refractivity contribution >= 4 is 17.7 Å². The van der Waals surface area contributed by atoms with Crippen molar-refractivity contribution in [3.63, 3.8) is 0 Å². The Hall–Kier alpha value is -1.82. The van der Waals surface area contributed by atoms with Gasteiger partial charge >= 0.3 is 0 Å². The molecule has 0 aromatic carbocycles. The number of hydrogen-bond acceptors (Lipinski definition) is 5. The van der Waals surface area contributed by atoms with Crippen LogP contribution in [0.2, 0.25) is 0 Å². The van der Waals surface area contributed by atoms with Crippen LogP contribution in [0.4, 0.5) is 0 Å². The fourth-order valence-corrected chi connectivity index (χ4v) is 2.16. The molecule has 0 aliphatic carbocycles. The first-order valence-corrected chi connectivity index (χ1v) is 7.08. The molecule has 0 atom stereocenters. The molecule has 2 heterocycles. The molecule has 1 amide bonds. The molecule has 0 unspecified atom stereocenters. The number of nitrogens with one attached hydrogen (secondary N) is 1. The van der Waals surface area contributed by atoms with E-state index in [-0.39, 0.29) is 5.91 Å². The lowest BCUT2D eigenvalue weighted by atomic mass is 10.4. The van der Waals surface area contributed by atoms with Gasteiger partial charge in [0.25, 0.3) is 5.91 Å². The summed E-state index contributed by atoms with van der Waals surface area (Å²) in [6.45, 7) is 2.43.